The second kappa shape index (κ2) is 7.26. The van der Waals surface area contributed by atoms with Crippen LogP contribution in [0, 0.1) is 0 Å². The van der Waals surface area contributed by atoms with E-state index in [9.17, 15) is 0 Å². The summed E-state index contributed by atoms with van der Waals surface area (Å²) in [6.45, 7) is 1.24. The van der Waals surface area contributed by atoms with E-state index in [-0.39, 0.29) is 12.8 Å². The summed E-state index contributed by atoms with van der Waals surface area (Å²) in [7, 11) is 28.9. The Morgan fingerprint density at radius 3 is 2.18 bits per heavy atom. The maximum absolute atomic E-state index is 5.99. The summed E-state index contributed by atoms with van der Waals surface area (Å²) in [6.07, 6.45) is 3.26. The number of hydrogen-bond acceptors (Lipinski definition) is 1. The third kappa shape index (κ3) is 4.65. The predicted octanol–water partition coefficient (Wildman–Crippen LogP) is -2.39. The Morgan fingerprint density at radius 1 is 1.06 bits per heavy atom. The summed E-state index contributed by atoms with van der Waals surface area (Å²) in [6, 6.07) is 0. The fourth-order valence-corrected chi connectivity index (χ4v) is 2.71. The minimum Gasteiger partial charge on any atom is -0.330 e. The molecular formula is C6H13B10N. The lowest BCUT2D eigenvalue weighted by Crippen LogP contribution is -2.63. The standard InChI is InChI=1S/C6H13B10N/c7-13(8)15(11)16(14(9)10)12-5-6(12)3-1-2-4-17/h6H,1-5,17H2. The van der Waals surface area contributed by atoms with E-state index in [1.807, 2.05) is 0 Å². The lowest BCUT2D eigenvalue weighted by molar-refractivity contribution is 0.697. The second-order valence-electron chi connectivity index (χ2n) is 5.25. The molecule has 2 N–H and O–H groups in total. The Balaban J connectivity index is 2.41. The van der Waals surface area contributed by atoms with Gasteiger partial charge in [-0.15, -0.1) is 0 Å². The fraction of sp³-hybridized carbons (Fsp3) is 1.00. The van der Waals surface area contributed by atoms with Gasteiger partial charge in [0.05, 0.1) is 6.60 Å². The molecule has 1 atom stereocenters. The van der Waals surface area contributed by atoms with Crippen molar-refractivity contribution >= 4 is 70.8 Å². The van der Waals surface area contributed by atoms with Crippen LogP contribution in [0.5, 0.6) is 0 Å². The lowest BCUT2D eigenvalue weighted by atomic mass is 8.57. The summed E-state index contributed by atoms with van der Waals surface area (Å²) >= 11 is 0. The molecule has 1 fully saturated rings. The quantitative estimate of drug-likeness (QED) is 0.349. The molecule has 10 radical (unpaired) electrons. The van der Waals surface area contributed by atoms with E-state index in [1.54, 1.807) is 0 Å². The van der Waals surface area contributed by atoms with Crippen molar-refractivity contribution in [3.05, 3.63) is 0 Å². The molecule has 1 nitrogen and oxygen atoms in total. The van der Waals surface area contributed by atoms with E-state index in [0.29, 0.717) is 12.4 Å². The van der Waals surface area contributed by atoms with Crippen molar-refractivity contribution < 1.29 is 0 Å². The highest BCUT2D eigenvalue weighted by atomic mass is 14.5. The van der Waals surface area contributed by atoms with Gasteiger partial charge in [-0.25, -0.2) is 0 Å². The molecule has 1 rings (SSSR count). The highest BCUT2D eigenvalue weighted by molar-refractivity contribution is 8.01. The first kappa shape index (κ1) is 15.7. The molecule has 0 saturated carbocycles. The zero-order valence-electron chi connectivity index (χ0n) is 10.5. The van der Waals surface area contributed by atoms with E-state index in [2.05, 4.69) is 0 Å². The Hall–Kier alpha value is 0.609. The van der Waals surface area contributed by atoms with Crippen LogP contribution in [0.1, 0.15) is 19.3 Å². The van der Waals surface area contributed by atoms with Crippen LogP contribution in [0.3, 0.4) is 0 Å². The van der Waals surface area contributed by atoms with Crippen LogP contribution >= 0.6 is 0 Å². The summed E-state index contributed by atoms with van der Waals surface area (Å²) in [4.78, 5) is 0. The highest BCUT2D eigenvalue weighted by Crippen LogP contribution is 2.43. The third-order valence-corrected chi connectivity index (χ3v) is 3.83. The first-order valence-electron chi connectivity index (χ1n) is 6.47. The number of nitrogens with two attached hydrogens (primary N) is 1. The largest absolute Gasteiger partial charge is 0.330 e. The molecule has 1 aliphatic rings. The van der Waals surface area contributed by atoms with Gasteiger partial charge in [-0.3, -0.25) is 0 Å². The van der Waals surface area contributed by atoms with E-state index in [4.69, 9.17) is 44.4 Å². The number of unbranched alkanes of at least 4 members (excludes halogenated alkanes) is 1. The van der Waals surface area contributed by atoms with Crippen LogP contribution in [0.25, 0.3) is 0 Å². The normalized spacial score (nSPS) is 17.7. The molecule has 0 spiro atoms. The Morgan fingerprint density at radius 2 is 1.71 bits per heavy atom. The van der Waals surface area contributed by atoms with Gasteiger partial charge in [-0.1, -0.05) is 25.0 Å². The molecule has 0 aliphatic carbocycles. The van der Waals surface area contributed by atoms with Crippen molar-refractivity contribution in [3.63, 3.8) is 0 Å². The minimum atomic E-state index is -0.556. The molecule has 72 valence electrons. The van der Waals surface area contributed by atoms with Crippen molar-refractivity contribution in [2.45, 2.75) is 31.4 Å². The van der Waals surface area contributed by atoms with E-state index >= 15 is 0 Å². The SMILES string of the molecule is [B]B([B])B([B])B(B([B])[B])B1CC1CCCCN. The van der Waals surface area contributed by atoms with E-state index in [1.165, 1.54) is 6.42 Å². The van der Waals surface area contributed by atoms with Gasteiger partial charge >= 0.3 is 0 Å². The highest BCUT2D eigenvalue weighted by Gasteiger charge is 2.49. The summed E-state index contributed by atoms with van der Waals surface area (Å²) in [5.41, 5.74) is 5.47. The molecule has 0 amide bonds. The Kier molecular flexibility index (Phi) is 6.69. The molecule has 1 saturated heterocycles. The van der Waals surface area contributed by atoms with Crippen LogP contribution < -0.4 is 5.73 Å². The summed E-state index contributed by atoms with van der Waals surface area (Å²) in [5.74, 6) is 0.672. The lowest BCUT2D eigenvalue weighted by Gasteiger charge is -2.25. The van der Waals surface area contributed by atoms with Gasteiger partial charge < -0.3 is 5.73 Å². The van der Waals surface area contributed by atoms with Crippen LogP contribution in [-0.2, 0) is 0 Å². The molecule has 1 heterocycles. The van der Waals surface area contributed by atoms with Gasteiger partial charge in [-0.2, -0.15) is 0 Å². The maximum Gasteiger partial charge on any atom is 0.0927 e. The molecule has 1 unspecified atom stereocenters. The molecule has 0 bridgehead atoms. The fourth-order valence-electron chi connectivity index (χ4n) is 2.71. The van der Waals surface area contributed by atoms with Gasteiger partial charge in [0.25, 0.3) is 0 Å². The average molecular weight is 207 g/mol. The molecule has 17 heavy (non-hydrogen) atoms. The van der Waals surface area contributed by atoms with Crippen molar-refractivity contribution in [1.29, 1.82) is 0 Å². The topological polar surface area (TPSA) is 26.0 Å². The molecule has 0 aromatic carbocycles. The first-order chi connectivity index (χ1) is 7.99. The van der Waals surface area contributed by atoms with Gasteiger partial charge in [-0.05, 0) is 13.0 Å². The Bertz CT molecular complexity index is 225. The van der Waals surface area contributed by atoms with Gasteiger partial charge in [0.2, 0.25) is 0 Å². The molecule has 0 aromatic heterocycles. The minimum absolute atomic E-state index is 0.0258. The molecule has 0 aromatic rings. The van der Waals surface area contributed by atoms with Crippen molar-refractivity contribution in [2.24, 2.45) is 5.73 Å². The second-order valence-corrected chi connectivity index (χ2v) is 5.25. The van der Waals surface area contributed by atoms with Crippen molar-refractivity contribution in [3.8, 4) is 0 Å². The zero-order chi connectivity index (χ0) is 13.0. The zero-order valence-corrected chi connectivity index (χ0v) is 10.5. The van der Waals surface area contributed by atoms with E-state index < -0.39 is 12.8 Å². The third-order valence-electron chi connectivity index (χ3n) is 3.83. The van der Waals surface area contributed by atoms with Crippen LogP contribution in [0.15, 0.2) is 0 Å². The monoisotopic (exact) mass is 209 g/mol. The van der Waals surface area contributed by atoms with Gasteiger partial charge in [0, 0.05) is 64.2 Å². The van der Waals surface area contributed by atoms with Gasteiger partial charge in [0.1, 0.15) is 0 Å². The molecule has 1 aliphatic heterocycles. The average Bonchev–Trinajstić information content (AvgIpc) is 2.97. The van der Waals surface area contributed by atoms with Gasteiger partial charge in [0.15, 0.2) is 0 Å². The van der Waals surface area contributed by atoms with Crippen LogP contribution in [0.2, 0.25) is 12.1 Å². The first-order valence-corrected chi connectivity index (χ1v) is 6.47. The number of hydrogen-bond donors (Lipinski definition) is 1. The molecule has 11 heteroatoms. The summed E-state index contributed by atoms with van der Waals surface area (Å²) < 4.78 is 0. The summed E-state index contributed by atoms with van der Waals surface area (Å²) in [5, 5.41) is 0. The van der Waals surface area contributed by atoms with Crippen molar-refractivity contribution in [2.75, 3.05) is 6.54 Å². The van der Waals surface area contributed by atoms with Crippen LogP contribution in [-0.4, -0.2) is 77.4 Å². The van der Waals surface area contributed by atoms with E-state index in [0.717, 1.165) is 25.7 Å². The maximum atomic E-state index is 5.99. The Labute approximate surface area is 115 Å². The van der Waals surface area contributed by atoms with Crippen LogP contribution in [0.4, 0.5) is 0 Å². The predicted molar refractivity (Wildman–Crippen MR) is 89.0 cm³/mol. The van der Waals surface area contributed by atoms with Crippen molar-refractivity contribution in [1.82, 2.24) is 0 Å². The smallest absolute Gasteiger partial charge is 0.0927 e. The molecular weight excluding hydrogens is 194 g/mol. The number of rotatable bonds is 8.